The molecule has 20 heavy (non-hydrogen) atoms. The Morgan fingerprint density at radius 3 is 2.75 bits per heavy atom. The average Bonchev–Trinajstić information content (AvgIpc) is 2.95. The number of hydrogen-bond acceptors (Lipinski definition) is 4. The average molecular weight is 275 g/mol. The predicted molar refractivity (Wildman–Crippen MR) is 73.9 cm³/mol. The number of carboxylic acids is 1. The highest BCUT2D eigenvalue weighted by Crippen LogP contribution is 2.20. The van der Waals surface area contributed by atoms with Crippen molar-refractivity contribution >= 4 is 5.97 Å². The molecule has 1 atom stereocenters. The Labute approximate surface area is 117 Å². The summed E-state index contributed by atoms with van der Waals surface area (Å²) in [5, 5.41) is 12.1. The van der Waals surface area contributed by atoms with E-state index in [2.05, 4.69) is 5.32 Å². The lowest BCUT2D eigenvalue weighted by atomic mass is 10.2. The van der Waals surface area contributed by atoms with E-state index in [1.165, 1.54) is 6.07 Å². The predicted octanol–water partition coefficient (Wildman–Crippen LogP) is 2.84. The van der Waals surface area contributed by atoms with E-state index >= 15 is 0 Å². The number of nitrogens with one attached hydrogen (secondary N) is 1. The molecule has 0 saturated heterocycles. The van der Waals surface area contributed by atoms with Crippen LogP contribution in [0.2, 0.25) is 0 Å². The van der Waals surface area contributed by atoms with Crippen LogP contribution in [0.15, 0.2) is 40.8 Å². The number of hydrogen-bond donors (Lipinski definition) is 2. The molecule has 5 heteroatoms. The van der Waals surface area contributed by atoms with Crippen LogP contribution in [-0.2, 0) is 6.54 Å². The second-order valence-corrected chi connectivity index (χ2v) is 4.42. The largest absolute Gasteiger partial charge is 0.496 e. The SMILES string of the molecule is COc1ccccc1CNC(C)c1ccc(C(=O)O)o1. The van der Waals surface area contributed by atoms with Crippen molar-refractivity contribution in [2.45, 2.75) is 19.5 Å². The highest BCUT2D eigenvalue weighted by atomic mass is 16.5. The van der Waals surface area contributed by atoms with Crippen LogP contribution in [0.4, 0.5) is 0 Å². The van der Waals surface area contributed by atoms with Gasteiger partial charge in [0.05, 0.1) is 13.2 Å². The van der Waals surface area contributed by atoms with Crippen molar-refractivity contribution in [3.05, 3.63) is 53.5 Å². The smallest absolute Gasteiger partial charge is 0.371 e. The molecule has 0 amide bonds. The monoisotopic (exact) mass is 275 g/mol. The van der Waals surface area contributed by atoms with Gasteiger partial charge in [-0.15, -0.1) is 0 Å². The summed E-state index contributed by atoms with van der Waals surface area (Å²) in [6.07, 6.45) is 0. The van der Waals surface area contributed by atoms with Crippen LogP contribution in [0.1, 0.15) is 34.8 Å². The van der Waals surface area contributed by atoms with Crippen LogP contribution in [0.3, 0.4) is 0 Å². The minimum atomic E-state index is -1.06. The molecule has 0 bridgehead atoms. The van der Waals surface area contributed by atoms with Gasteiger partial charge in [-0.3, -0.25) is 0 Å². The molecule has 1 aromatic carbocycles. The lowest BCUT2D eigenvalue weighted by Gasteiger charge is -2.13. The number of rotatable bonds is 6. The van der Waals surface area contributed by atoms with Gasteiger partial charge in [0.1, 0.15) is 11.5 Å². The molecule has 1 unspecified atom stereocenters. The molecule has 1 aromatic heterocycles. The van der Waals surface area contributed by atoms with Crippen molar-refractivity contribution in [3.63, 3.8) is 0 Å². The number of benzene rings is 1. The highest BCUT2D eigenvalue weighted by molar-refractivity contribution is 5.84. The molecule has 2 N–H and O–H groups in total. The Bertz CT molecular complexity index is 591. The Balaban J connectivity index is 2.00. The molecule has 0 aliphatic heterocycles. The maximum absolute atomic E-state index is 10.8. The van der Waals surface area contributed by atoms with Crippen molar-refractivity contribution in [1.82, 2.24) is 5.32 Å². The summed E-state index contributed by atoms with van der Waals surface area (Å²) < 4.78 is 10.5. The fourth-order valence-electron chi connectivity index (χ4n) is 1.91. The lowest BCUT2D eigenvalue weighted by molar-refractivity contribution is 0.0659. The molecule has 0 aliphatic carbocycles. The van der Waals surface area contributed by atoms with Crippen molar-refractivity contribution in [2.24, 2.45) is 0 Å². The number of ether oxygens (including phenoxy) is 1. The fraction of sp³-hybridized carbons (Fsp3) is 0.267. The molecule has 2 aromatic rings. The van der Waals surface area contributed by atoms with Gasteiger partial charge < -0.3 is 19.6 Å². The first-order valence-electron chi connectivity index (χ1n) is 6.30. The number of aromatic carboxylic acids is 1. The van der Waals surface area contributed by atoms with Crippen LogP contribution in [0.25, 0.3) is 0 Å². The van der Waals surface area contributed by atoms with Crippen molar-refractivity contribution in [2.75, 3.05) is 7.11 Å². The number of carboxylic acid groups (broad SMARTS) is 1. The van der Waals surface area contributed by atoms with Crippen LogP contribution in [-0.4, -0.2) is 18.2 Å². The fourth-order valence-corrected chi connectivity index (χ4v) is 1.91. The first kappa shape index (κ1) is 14.1. The second kappa shape index (κ2) is 6.25. The van der Waals surface area contributed by atoms with Gasteiger partial charge in [-0.25, -0.2) is 4.79 Å². The van der Waals surface area contributed by atoms with Gasteiger partial charge in [0.15, 0.2) is 0 Å². The third-order valence-electron chi connectivity index (χ3n) is 3.06. The zero-order valence-corrected chi connectivity index (χ0v) is 11.4. The maximum Gasteiger partial charge on any atom is 0.371 e. The van der Waals surface area contributed by atoms with E-state index in [-0.39, 0.29) is 11.8 Å². The molecule has 1 heterocycles. The summed E-state index contributed by atoms with van der Waals surface area (Å²) in [7, 11) is 1.63. The number of para-hydroxylation sites is 1. The van der Waals surface area contributed by atoms with Crippen LogP contribution < -0.4 is 10.1 Å². The minimum Gasteiger partial charge on any atom is -0.496 e. The van der Waals surface area contributed by atoms with E-state index in [1.807, 2.05) is 31.2 Å². The molecule has 0 spiro atoms. The van der Waals surface area contributed by atoms with Crippen LogP contribution in [0, 0.1) is 0 Å². The van der Waals surface area contributed by atoms with Gasteiger partial charge in [0, 0.05) is 12.1 Å². The zero-order chi connectivity index (χ0) is 14.5. The standard InChI is InChI=1S/C15H17NO4/c1-10(12-7-8-14(20-12)15(17)18)16-9-11-5-3-4-6-13(11)19-2/h3-8,10,16H,9H2,1-2H3,(H,17,18). The highest BCUT2D eigenvalue weighted by Gasteiger charge is 2.14. The normalized spacial score (nSPS) is 12.1. The Morgan fingerprint density at radius 2 is 2.10 bits per heavy atom. The molecule has 106 valence electrons. The first-order chi connectivity index (χ1) is 9.61. The summed E-state index contributed by atoms with van der Waals surface area (Å²) in [6, 6.07) is 10.8. The molecule has 5 nitrogen and oxygen atoms in total. The third kappa shape index (κ3) is 3.19. The van der Waals surface area contributed by atoms with Gasteiger partial charge in [-0.2, -0.15) is 0 Å². The Morgan fingerprint density at radius 1 is 1.35 bits per heavy atom. The molecule has 2 rings (SSSR count). The summed E-state index contributed by atoms with van der Waals surface area (Å²) in [4.78, 5) is 10.8. The lowest BCUT2D eigenvalue weighted by Crippen LogP contribution is -2.18. The van der Waals surface area contributed by atoms with E-state index in [1.54, 1.807) is 13.2 Å². The minimum absolute atomic E-state index is 0.0501. The molecular formula is C15H17NO4. The number of methoxy groups -OCH3 is 1. The second-order valence-electron chi connectivity index (χ2n) is 4.42. The summed E-state index contributed by atoms with van der Waals surface area (Å²) in [5.74, 6) is 0.300. The Hall–Kier alpha value is -2.27. The quantitative estimate of drug-likeness (QED) is 0.848. The summed E-state index contributed by atoms with van der Waals surface area (Å²) in [6.45, 7) is 2.52. The van der Waals surface area contributed by atoms with E-state index in [4.69, 9.17) is 14.3 Å². The van der Waals surface area contributed by atoms with Crippen LogP contribution in [0.5, 0.6) is 5.75 Å². The van der Waals surface area contributed by atoms with Crippen LogP contribution >= 0.6 is 0 Å². The molecular weight excluding hydrogens is 258 g/mol. The first-order valence-corrected chi connectivity index (χ1v) is 6.30. The number of carbonyl (C=O) groups is 1. The van der Waals surface area contributed by atoms with Crippen molar-refractivity contribution in [3.8, 4) is 5.75 Å². The van der Waals surface area contributed by atoms with Gasteiger partial charge >= 0.3 is 5.97 Å². The van der Waals surface area contributed by atoms with E-state index < -0.39 is 5.97 Å². The van der Waals surface area contributed by atoms with E-state index in [0.717, 1.165) is 11.3 Å². The van der Waals surface area contributed by atoms with E-state index in [9.17, 15) is 4.79 Å². The topological polar surface area (TPSA) is 71.7 Å². The molecule has 0 aliphatic rings. The van der Waals surface area contributed by atoms with Gasteiger partial charge in [-0.1, -0.05) is 18.2 Å². The molecule has 0 radical (unpaired) electrons. The third-order valence-corrected chi connectivity index (χ3v) is 3.06. The van der Waals surface area contributed by atoms with Gasteiger partial charge in [0.25, 0.3) is 0 Å². The zero-order valence-electron chi connectivity index (χ0n) is 11.4. The van der Waals surface area contributed by atoms with Crippen molar-refractivity contribution in [1.29, 1.82) is 0 Å². The Kier molecular flexibility index (Phi) is 4.42. The summed E-state index contributed by atoms with van der Waals surface area (Å²) in [5.41, 5.74) is 1.03. The molecule has 0 saturated carbocycles. The number of furan rings is 1. The maximum atomic E-state index is 10.8. The van der Waals surface area contributed by atoms with Gasteiger partial charge in [-0.05, 0) is 25.1 Å². The summed E-state index contributed by atoms with van der Waals surface area (Å²) >= 11 is 0. The van der Waals surface area contributed by atoms with E-state index in [0.29, 0.717) is 12.3 Å². The van der Waals surface area contributed by atoms with Gasteiger partial charge in [0.2, 0.25) is 5.76 Å². The van der Waals surface area contributed by atoms with Crippen molar-refractivity contribution < 1.29 is 19.1 Å². The molecule has 0 fully saturated rings.